The number of hydrogen-bond acceptors (Lipinski definition) is 8. The number of anilines is 4. The number of fused-ring (bicyclic) bond motifs is 1. The van der Waals surface area contributed by atoms with E-state index in [0.717, 1.165) is 11.5 Å². The Kier molecular flexibility index (Phi) is 4.34. The fourth-order valence-electron chi connectivity index (χ4n) is 2.94. The second-order valence-corrected chi connectivity index (χ2v) is 6.61. The van der Waals surface area contributed by atoms with Gasteiger partial charge in [-0.3, -0.25) is 9.67 Å². The molecule has 0 spiro atoms. The summed E-state index contributed by atoms with van der Waals surface area (Å²) >= 11 is 0. The van der Waals surface area contributed by atoms with Gasteiger partial charge in [0.1, 0.15) is 5.82 Å². The minimum absolute atomic E-state index is 0.0903. The topological polar surface area (TPSA) is 136 Å². The first-order valence-corrected chi connectivity index (χ1v) is 8.76. The van der Waals surface area contributed by atoms with Crippen molar-refractivity contribution in [1.29, 1.82) is 0 Å². The van der Waals surface area contributed by atoms with Gasteiger partial charge >= 0.3 is 5.97 Å². The Morgan fingerprint density at radius 3 is 2.52 bits per heavy atom. The van der Waals surface area contributed by atoms with Crippen LogP contribution in [0.1, 0.15) is 21.7 Å². The third-order valence-electron chi connectivity index (χ3n) is 4.41. The van der Waals surface area contributed by atoms with Crippen LogP contribution in [0.5, 0.6) is 0 Å². The first kappa shape index (κ1) is 18.3. The van der Waals surface area contributed by atoms with Gasteiger partial charge in [0, 0.05) is 32.6 Å². The van der Waals surface area contributed by atoms with Gasteiger partial charge in [-0.05, 0) is 19.9 Å². The van der Waals surface area contributed by atoms with Crippen molar-refractivity contribution in [3.05, 3.63) is 41.5 Å². The van der Waals surface area contributed by atoms with Crippen LogP contribution in [-0.4, -0.2) is 45.6 Å². The Morgan fingerprint density at radius 1 is 1.03 bits per heavy atom. The van der Waals surface area contributed by atoms with E-state index in [1.807, 2.05) is 20.0 Å². The largest absolute Gasteiger partial charge is 0.478 e. The molecule has 0 saturated carbocycles. The summed E-state index contributed by atoms with van der Waals surface area (Å²) in [6.07, 6.45) is 2.98. The molecule has 4 aromatic heterocycles. The fourth-order valence-corrected chi connectivity index (χ4v) is 2.94. The molecule has 4 rings (SSSR count). The van der Waals surface area contributed by atoms with E-state index >= 15 is 0 Å². The molecule has 0 aliphatic carbocycles. The number of nitrogens with zero attached hydrogens (tertiary/aromatic N) is 7. The zero-order valence-corrected chi connectivity index (χ0v) is 16.3. The third kappa shape index (κ3) is 3.45. The number of pyridine rings is 1. The lowest BCUT2D eigenvalue weighted by Gasteiger charge is -2.08. The number of nitrogens with one attached hydrogen (secondary N) is 2. The molecular formula is C18H19N9O2. The minimum Gasteiger partial charge on any atom is -0.478 e. The van der Waals surface area contributed by atoms with E-state index in [1.165, 1.54) is 12.3 Å². The maximum Gasteiger partial charge on any atom is 0.337 e. The van der Waals surface area contributed by atoms with E-state index in [2.05, 4.69) is 35.8 Å². The lowest BCUT2D eigenvalue weighted by molar-refractivity contribution is 0.0696. The molecule has 11 heteroatoms. The Morgan fingerprint density at radius 2 is 1.83 bits per heavy atom. The normalized spacial score (nSPS) is 11.0. The van der Waals surface area contributed by atoms with Crippen molar-refractivity contribution in [1.82, 2.24) is 34.5 Å². The Bertz CT molecular complexity index is 1240. The highest BCUT2D eigenvalue weighted by Crippen LogP contribution is 2.26. The summed E-state index contributed by atoms with van der Waals surface area (Å²) in [4.78, 5) is 24.3. The Hall–Kier alpha value is -4.02. The number of rotatable bonds is 5. The first-order chi connectivity index (χ1) is 13.8. The van der Waals surface area contributed by atoms with E-state index in [-0.39, 0.29) is 5.56 Å². The smallest absolute Gasteiger partial charge is 0.337 e. The van der Waals surface area contributed by atoms with Crippen molar-refractivity contribution >= 4 is 40.3 Å². The molecule has 0 aromatic carbocycles. The lowest BCUT2D eigenvalue weighted by atomic mass is 10.2. The Labute approximate surface area is 165 Å². The number of hydrogen-bond donors (Lipinski definition) is 3. The number of aromatic carboxylic acids is 1. The van der Waals surface area contributed by atoms with Gasteiger partial charge in [-0.1, -0.05) is 0 Å². The van der Waals surface area contributed by atoms with Gasteiger partial charge in [0.15, 0.2) is 11.5 Å². The molecule has 0 bridgehead atoms. The summed E-state index contributed by atoms with van der Waals surface area (Å²) in [6.45, 7) is 3.69. The van der Waals surface area contributed by atoms with E-state index in [1.54, 1.807) is 29.5 Å². The van der Waals surface area contributed by atoms with Crippen molar-refractivity contribution in [2.45, 2.75) is 13.8 Å². The van der Waals surface area contributed by atoms with Crippen molar-refractivity contribution in [3.63, 3.8) is 0 Å². The maximum atomic E-state index is 11.2. The lowest BCUT2D eigenvalue weighted by Crippen LogP contribution is -2.03. The van der Waals surface area contributed by atoms with Crippen molar-refractivity contribution in [2.24, 2.45) is 14.1 Å². The monoisotopic (exact) mass is 393 g/mol. The standard InChI is InChI=1S/C18H19N9O2/c1-9-5-14(26(3)24-9)22-18-20-8-12-15(25-27(4)16(12)23-18)21-13-6-11(17(28)29)7-19-10(13)2/h5-8H,1-4H3,(H,21,25)(H,28,29)(H,20,22,23). The Balaban J connectivity index is 1.68. The van der Waals surface area contributed by atoms with E-state index in [0.29, 0.717) is 34.2 Å². The third-order valence-corrected chi connectivity index (χ3v) is 4.41. The zero-order valence-electron chi connectivity index (χ0n) is 16.3. The quantitative estimate of drug-likeness (QED) is 0.466. The highest BCUT2D eigenvalue weighted by atomic mass is 16.4. The molecular weight excluding hydrogens is 374 g/mol. The predicted octanol–water partition coefficient (Wildman–Crippen LogP) is 2.29. The van der Waals surface area contributed by atoms with Gasteiger partial charge in [0.2, 0.25) is 5.95 Å². The molecule has 0 saturated heterocycles. The summed E-state index contributed by atoms with van der Waals surface area (Å²) in [5.41, 5.74) is 2.80. The van der Waals surface area contributed by atoms with E-state index < -0.39 is 5.97 Å². The van der Waals surface area contributed by atoms with Crippen LogP contribution < -0.4 is 10.6 Å². The van der Waals surface area contributed by atoms with Crippen LogP contribution in [0.4, 0.5) is 23.3 Å². The highest BCUT2D eigenvalue weighted by molar-refractivity contribution is 5.92. The van der Waals surface area contributed by atoms with Crippen LogP contribution in [0, 0.1) is 13.8 Å². The van der Waals surface area contributed by atoms with Gasteiger partial charge in [0.05, 0.1) is 28.0 Å². The van der Waals surface area contributed by atoms with Gasteiger partial charge in [-0.25, -0.2) is 14.5 Å². The predicted molar refractivity (Wildman–Crippen MR) is 107 cm³/mol. The number of aryl methyl sites for hydroxylation is 4. The van der Waals surface area contributed by atoms with Gasteiger partial charge in [-0.2, -0.15) is 15.2 Å². The number of carboxylic acids is 1. The number of aromatic nitrogens is 7. The molecule has 0 amide bonds. The van der Waals surface area contributed by atoms with Crippen LogP contribution in [0.3, 0.4) is 0 Å². The molecule has 148 valence electrons. The summed E-state index contributed by atoms with van der Waals surface area (Å²) in [5.74, 6) is 0.657. The summed E-state index contributed by atoms with van der Waals surface area (Å²) < 4.78 is 3.34. The number of carboxylic acid groups (broad SMARTS) is 1. The van der Waals surface area contributed by atoms with Gasteiger partial charge in [0.25, 0.3) is 0 Å². The summed E-state index contributed by atoms with van der Waals surface area (Å²) in [5, 5.41) is 24.9. The molecule has 0 unspecified atom stereocenters. The highest BCUT2D eigenvalue weighted by Gasteiger charge is 2.15. The second kappa shape index (κ2) is 6.86. The van der Waals surface area contributed by atoms with Crippen LogP contribution in [0.2, 0.25) is 0 Å². The SMILES string of the molecule is Cc1cc(Nc2ncc3c(Nc4cc(C(=O)O)cnc4C)nn(C)c3n2)n(C)n1. The molecule has 4 aromatic rings. The molecule has 0 fully saturated rings. The summed E-state index contributed by atoms with van der Waals surface area (Å²) in [6, 6.07) is 3.42. The zero-order chi connectivity index (χ0) is 20.7. The van der Waals surface area contributed by atoms with Crippen LogP contribution in [-0.2, 0) is 14.1 Å². The van der Waals surface area contributed by atoms with Gasteiger partial charge < -0.3 is 15.7 Å². The molecule has 0 aliphatic rings. The maximum absolute atomic E-state index is 11.2. The molecule has 4 heterocycles. The van der Waals surface area contributed by atoms with Crippen LogP contribution in [0.15, 0.2) is 24.5 Å². The van der Waals surface area contributed by atoms with Gasteiger partial charge in [-0.15, -0.1) is 0 Å². The molecule has 11 nitrogen and oxygen atoms in total. The van der Waals surface area contributed by atoms with Crippen molar-refractivity contribution in [3.8, 4) is 0 Å². The first-order valence-electron chi connectivity index (χ1n) is 8.76. The molecule has 0 aliphatic heterocycles. The average molecular weight is 393 g/mol. The fraction of sp³-hybridized carbons (Fsp3) is 0.222. The molecule has 3 N–H and O–H groups in total. The van der Waals surface area contributed by atoms with E-state index in [4.69, 9.17) is 0 Å². The van der Waals surface area contributed by atoms with Crippen molar-refractivity contribution in [2.75, 3.05) is 10.6 Å². The summed E-state index contributed by atoms with van der Waals surface area (Å²) in [7, 11) is 3.61. The van der Waals surface area contributed by atoms with Crippen LogP contribution >= 0.6 is 0 Å². The molecule has 29 heavy (non-hydrogen) atoms. The van der Waals surface area contributed by atoms with Crippen LogP contribution in [0.25, 0.3) is 11.0 Å². The number of carbonyl (C=O) groups is 1. The molecule has 0 radical (unpaired) electrons. The average Bonchev–Trinajstić information content (AvgIpc) is 3.15. The second-order valence-electron chi connectivity index (χ2n) is 6.61. The minimum atomic E-state index is -1.05. The van der Waals surface area contributed by atoms with E-state index in [9.17, 15) is 9.90 Å². The van der Waals surface area contributed by atoms with Crippen molar-refractivity contribution < 1.29 is 9.90 Å². The molecule has 0 atom stereocenters.